The molecule has 0 aromatic heterocycles. The average Bonchev–Trinajstić information content (AvgIpc) is 2.71. The lowest BCUT2D eigenvalue weighted by atomic mass is 10.1. The van der Waals surface area contributed by atoms with Gasteiger partial charge in [0.2, 0.25) is 5.75 Å². The van der Waals surface area contributed by atoms with Crippen LogP contribution in [0, 0.1) is 0 Å². The predicted octanol–water partition coefficient (Wildman–Crippen LogP) is 2.80. The molecular weight excluding hydrogens is 350 g/mol. The van der Waals surface area contributed by atoms with Crippen molar-refractivity contribution < 1.29 is 28.5 Å². The normalized spacial score (nSPS) is 11.3. The molecule has 1 atom stereocenters. The summed E-state index contributed by atoms with van der Waals surface area (Å²) in [5.41, 5.74) is 0.764. The minimum Gasteiger partial charge on any atom is -0.497 e. The Balaban J connectivity index is 2.01. The van der Waals surface area contributed by atoms with Crippen molar-refractivity contribution in [2.75, 3.05) is 28.4 Å². The lowest BCUT2D eigenvalue weighted by Gasteiger charge is -2.18. The van der Waals surface area contributed by atoms with Crippen LogP contribution in [0.2, 0.25) is 0 Å². The number of rotatable bonds is 9. The summed E-state index contributed by atoms with van der Waals surface area (Å²) < 4.78 is 26.8. The predicted molar refractivity (Wildman–Crippen MR) is 101 cm³/mol. The van der Waals surface area contributed by atoms with E-state index >= 15 is 0 Å². The van der Waals surface area contributed by atoms with Gasteiger partial charge in [-0.3, -0.25) is 4.79 Å². The summed E-state index contributed by atoms with van der Waals surface area (Å²) in [7, 11) is 6.22. The number of hydrogen-bond donors (Lipinski definition) is 1. The largest absolute Gasteiger partial charge is 0.497 e. The molecule has 0 fully saturated rings. The van der Waals surface area contributed by atoms with Crippen molar-refractivity contribution in [2.24, 2.45) is 0 Å². The van der Waals surface area contributed by atoms with Crippen LogP contribution in [0.4, 0.5) is 0 Å². The van der Waals surface area contributed by atoms with Crippen LogP contribution in [0.25, 0.3) is 0 Å². The smallest absolute Gasteiger partial charge is 0.261 e. The van der Waals surface area contributed by atoms with Crippen LogP contribution in [-0.4, -0.2) is 40.5 Å². The molecule has 27 heavy (non-hydrogen) atoms. The monoisotopic (exact) mass is 375 g/mol. The Morgan fingerprint density at radius 1 is 0.852 bits per heavy atom. The van der Waals surface area contributed by atoms with Gasteiger partial charge in [-0.15, -0.1) is 0 Å². The van der Waals surface area contributed by atoms with Gasteiger partial charge in [0.15, 0.2) is 17.6 Å². The number of nitrogens with one attached hydrogen (secondary N) is 1. The molecule has 0 aliphatic rings. The first-order valence-corrected chi connectivity index (χ1v) is 8.40. The van der Waals surface area contributed by atoms with E-state index in [0.29, 0.717) is 23.0 Å². The fraction of sp³-hybridized carbons (Fsp3) is 0.350. The highest BCUT2D eigenvalue weighted by atomic mass is 16.5. The second-order valence-electron chi connectivity index (χ2n) is 5.65. The van der Waals surface area contributed by atoms with E-state index in [4.69, 9.17) is 23.7 Å². The third kappa shape index (κ3) is 4.97. The van der Waals surface area contributed by atoms with E-state index in [1.165, 1.54) is 14.2 Å². The molecular formula is C20H25NO6. The summed E-state index contributed by atoms with van der Waals surface area (Å²) in [6.45, 7) is 1.95. The molecule has 1 N–H and O–H groups in total. The minimum absolute atomic E-state index is 0.248. The van der Waals surface area contributed by atoms with Crippen molar-refractivity contribution in [1.29, 1.82) is 0 Å². The molecule has 0 aliphatic carbocycles. The Bertz CT molecular complexity index is 760. The highest BCUT2D eigenvalue weighted by Gasteiger charge is 2.18. The van der Waals surface area contributed by atoms with Crippen LogP contribution in [-0.2, 0) is 11.3 Å². The first-order valence-electron chi connectivity index (χ1n) is 8.40. The fourth-order valence-corrected chi connectivity index (χ4v) is 2.54. The Morgan fingerprint density at radius 2 is 1.48 bits per heavy atom. The van der Waals surface area contributed by atoms with Gasteiger partial charge in [-0.25, -0.2) is 0 Å². The van der Waals surface area contributed by atoms with Crippen molar-refractivity contribution in [3.63, 3.8) is 0 Å². The first-order chi connectivity index (χ1) is 13.0. The zero-order valence-corrected chi connectivity index (χ0v) is 16.2. The van der Waals surface area contributed by atoms with Crippen LogP contribution in [0.1, 0.15) is 12.5 Å². The average molecular weight is 375 g/mol. The highest BCUT2D eigenvalue weighted by molar-refractivity contribution is 5.80. The third-order valence-electron chi connectivity index (χ3n) is 3.98. The summed E-state index contributed by atoms with van der Waals surface area (Å²) in [6, 6.07) is 10.6. The quantitative estimate of drug-likeness (QED) is 0.726. The van der Waals surface area contributed by atoms with E-state index in [0.717, 1.165) is 11.3 Å². The summed E-state index contributed by atoms with van der Waals surface area (Å²) in [5, 5.41) is 2.84. The van der Waals surface area contributed by atoms with E-state index in [1.807, 2.05) is 6.07 Å². The SMILES string of the molecule is COc1ccc(OC(C)C(=O)NCc2ccc(OC)c(OC)c2OC)cc1. The number of methoxy groups -OCH3 is 4. The molecule has 1 amide bonds. The van der Waals surface area contributed by atoms with Crippen molar-refractivity contribution in [2.45, 2.75) is 19.6 Å². The van der Waals surface area contributed by atoms with E-state index in [9.17, 15) is 4.79 Å². The van der Waals surface area contributed by atoms with Gasteiger partial charge in [0.1, 0.15) is 11.5 Å². The van der Waals surface area contributed by atoms with E-state index in [-0.39, 0.29) is 12.5 Å². The molecule has 0 saturated heterocycles. The van der Waals surface area contributed by atoms with Gasteiger partial charge in [-0.05, 0) is 43.3 Å². The van der Waals surface area contributed by atoms with Gasteiger partial charge in [0, 0.05) is 12.1 Å². The number of amides is 1. The molecule has 7 nitrogen and oxygen atoms in total. The Morgan fingerprint density at radius 3 is 2.04 bits per heavy atom. The maximum atomic E-state index is 12.4. The van der Waals surface area contributed by atoms with Crippen LogP contribution < -0.4 is 29.0 Å². The standard InChI is InChI=1S/C20H25NO6/c1-13(27-16-9-7-15(23-2)8-10-16)20(22)21-12-14-6-11-17(24-3)19(26-5)18(14)25-4/h6-11,13H,12H2,1-5H3,(H,21,22). The van der Waals surface area contributed by atoms with Crippen molar-refractivity contribution in [3.8, 4) is 28.7 Å². The van der Waals surface area contributed by atoms with E-state index < -0.39 is 6.10 Å². The lowest BCUT2D eigenvalue weighted by Crippen LogP contribution is -2.36. The summed E-state index contributed by atoms with van der Waals surface area (Å²) in [5.74, 6) is 2.61. The molecule has 2 aromatic rings. The Kier molecular flexibility index (Phi) is 7.16. The molecule has 0 radical (unpaired) electrons. The van der Waals surface area contributed by atoms with Gasteiger partial charge in [-0.1, -0.05) is 0 Å². The number of carbonyl (C=O) groups excluding carboxylic acids is 1. The first kappa shape index (κ1) is 20.2. The fourth-order valence-electron chi connectivity index (χ4n) is 2.54. The van der Waals surface area contributed by atoms with Gasteiger partial charge in [0.05, 0.1) is 28.4 Å². The number of ether oxygens (including phenoxy) is 5. The number of carbonyl (C=O) groups is 1. The molecule has 2 aromatic carbocycles. The van der Waals surface area contributed by atoms with E-state index in [1.54, 1.807) is 51.5 Å². The van der Waals surface area contributed by atoms with E-state index in [2.05, 4.69) is 5.32 Å². The highest BCUT2D eigenvalue weighted by Crippen LogP contribution is 2.39. The molecule has 0 saturated carbocycles. The van der Waals surface area contributed by atoms with Gasteiger partial charge < -0.3 is 29.0 Å². The molecule has 0 bridgehead atoms. The Hall–Kier alpha value is -3.09. The molecule has 0 aliphatic heterocycles. The van der Waals surface area contributed by atoms with Crippen LogP contribution in [0.15, 0.2) is 36.4 Å². The summed E-state index contributed by atoms with van der Waals surface area (Å²) in [4.78, 5) is 12.4. The van der Waals surface area contributed by atoms with Gasteiger partial charge >= 0.3 is 0 Å². The minimum atomic E-state index is -0.662. The maximum Gasteiger partial charge on any atom is 0.261 e. The third-order valence-corrected chi connectivity index (χ3v) is 3.98. The summed E-state index contributed by atoms with van der Waals surface area (Å²) in [6.07, 6.45) is -0.662. The van der Waals surface area contributed by atoms with Crippen LogP contribution >= 0.6 is 0 Å². The number of benzene rings is 2. The molecule has 0 heterocycles. The van der Waals surface area contributed by atoms with Crippen molar-refractivity contribution in [1.82, 2.24) is 5.32 Å². The molecule has 1 unspecified atom stereocenters. The second kappa shape index (κ2) is 9.56. The Labute approximate surface area is 159 Å². The maximum absolute atomic E-state index is 12.4. The summed E-state index contributed by atoms with van der Waals surface area (Å²) >= 11 is 0. The second-order valence-corrected chi connectivity index (χ2v) is 5.65. The lowest BCUT2D eigenvalue weighted by molar-refractivity contribution is -0.127. The molecule has 146 valence electrons. The topological polar surface area (TPSA) is 75.3 Å². The number of hydrogen-bond acceptors (Lipinski definition) is 6. The zero-order chi connectivity index (χ0) is 19.8. The van der Waals surface area contributed by atoms with Gasteiger partial charge in [0.25, 0.3) is 5.91 Å². The molecule has 7 heteroatoms. The van der Waals surface area contributed by atoms with Crippen LogP contribution in [0.3, 0.4) is 0 Å². The van der Waals surface area contributed by atoms with Gasteiger partial charge in [-0.2, -0.15) is 0 Å². The van der Waals surface area contributed by atoms with Crippen molar-refractivity contribution >= 4 is 5.91 Å². The van der Waals surface area contributed by atoms with Crippen molar-refractivity contribution in [3.05, 3.63) is 42.0 Å². The molecule has 0 spiro atoms. The zero-order valence-electron chi connectivity index (χ0n) is 16.2. The van der Waals surface area contributed by atoms with Crippen LogP contribution in [0.5, 0.6) is 28.7 Å². The molecule has 2 rings (SSSR count).